The second-order valence-electron chi connectivity index (χ2n) is 3.92. The Morgan fingerprint density at radius 2 is 2.33 bits per heavy atom. The Bertz CT molecular complexity index is 442. The molecular formula is C13H16ClN3O. The number of benzene rings is 1. The van der Waals surface area contributed by atoms with Crippen LogP contribution in [0.15, 0.2) is 24.3 Å². The van der Waals surface area contributed by atoms with Gasteiger partial charge in [0, 0.05) is 17.6 Å². The molecule has 1 amide bonds. The summed E-state index contributed by atoms with van der Waals surface area (Å²) in [5.74, 6) is -0.112. The van der Waals surface area contributed by atoms with Crippen molar-refractivity contribution in [2.24, 2.45) is 0 Å². The topological polar surface area (TPSA) is 64.9 Å². The molecule has 0 fully saturated rings. The lowest BCUT2D eigenvalue weighted by Crippen LogP contribution is -2.35. The van der Waals surface area contributed by atoms with E-state index in [9.17, 15) is 4.79 Å². The smallest absolute Gasteiger partial charge is 0.234 e. The van der Waals surface area contributed by atoms with Gasteiger partial charge >= 0.3 is 0 Å². The van der Waals surface area contributed by atoms with Gasteiger partial charge in [-0.2, -0.15) is 5.26 Å². The standard InChI is InChI=1S/C13H16ClN3O/c1-10(11-4-2-5-12(14)8-11)17-9-13(18)16-7-3-6-15/h2,4-5,8,10,17H,3,7,9H2,1H3,(H,16,18)/t10-/m1/s1. The third kappa shape index (κ3) is 5.17. The number of halogens is 1. The Kier molecular flexibility index (Phi) is 6.20. The fraction of sp³-hybridized carbons (Fsp3) is 0.385. The lowest BCUT2D eigenvalue weighted by molar-refractivity contribution is -0.120. The van der Waals surface area contributed by atoms with Crippen molar-refractivity contribution in [2.45, 2.75) is 19.4 Å². The molecule has 0 radical (unpaired) electrons. The maximum atomic E-state index is 11.4. The van der Waals surface area contributed by atoms with E-state index in [1.165, 1.54) is 0 Å². The minimum Gasteiger partial charge on any atom is -0.354 e. The van der Waals surface area contributed by atoms with Crippen molar-refractivity contribution >= 4 is 17.5 Å². The number of amides is 1. The number of nitriles is 1. The first kappa shape index (κ1) is 14.5. The third-order valence-electron chi connectivity index (χ3n) is 2.48. The summed E-state index contributed by atoms with van der Waals surface area (Å²) in [6.07, 6.45) is 0.329. The monoisotopic (exact) mass is 265 g/mol. The van der Waals surface area contributed by atoms with Crippen LogP contribution in [-0.2, 0) is 4.79 Å². The van der Waals surface area contributed by atoms with Crippen LogP contribution >= 0.6 is 11.6 Å². The van der Waals surface area contributed by atoms with Crippen molar-refractivity contribution in [2.75, 3.05) is 13.1 Å². The second-order valence-corrected chi connectivity index (χ2v) is 4.35. The van der Waals surface area contributed by atoms with E-state index in [4.69, 9.17) is 16.9 Å². The van der Waals surface area contributed by atoms with E-state index in [-0.39, 0.29) is 18.5 Å². The van der Waals surface area contributed by atoms with Gasteiger partial charge in [-0.05, 0) is 24.6 Å². The molecule has 5 heteroatoms. The molecular weight excluding hydrogens is 250 g/mol. The lowest BCUT2D eigenvalue weighted by atomic mass is 10.1. The van der Waals surface area contributed by atoms with Crippen molar-refractivity contribution in [3.05, 3.63) is 34.9 Å². The summed E-state index contributed by atoms with van der Waals surface area (Å²) in [5, 5.41) is 14.8. The number of carbonyl (C=O) groups is 1. The van der Waals surface area contributed by atoms with E-state index in [2.05, 4.69) is 10.6 Å². The lowest BCUT2D eigenvalue weighted by Gasteiger charge is -2.14. The van der Waals surface area contributed by atoms with E-state index in [0.717, 1.165) is 5.56 Å². The van der Waals surface area contributed by atoms with Gasteiger partial charge < -0.3 is 10.6 Å². The molecule has 0 saturated carbocycles. The Balaban J connectivity index is 2.35. The van der Waals surface area contributed by atoms with Crippen LogP contribution in [0.25, 0.3) is 0 Å². The maximum absolute atomic E-state index is 11.4. The number of carbonyl (C=O) groups excluding carboxylic acids is 1. The SMILES string of the molecule is C[C@@H](NCC(=O)NCCC#N)c1cccc(Cl)c1. The summed E-state index contributed by atoms with van der Waals surface area (Å²) in [5.41, 5.74) is 1.03. The quantitative estimate of drug-likeness (QED) is 0.774. The Labute approximate surface area is 112 Å². The van der Waals surface area contributed by atoms with Crippen molar-refractivity contribution in [3.63, 3.8) is 0 Å². The van der Waals surface area contributed by atoms with Crippen LogP contribution in [-0.4, -0.2) is 19.0 Å². The molecule has 0 aliphatic heterocycles. The third-order valence-corrected chi connectivity index (χ3v) is 2.71. The van der Waals surface area contributed by atoms with Gasteiger partial charge in [0.1, 0.15) is 0 Å². The normalized spacial score (nSPS) is 11.6. The van der Waals surface area contributed by atoms with E-state index < -0.39 is 0 Å². The average Bonchev–Trinajstić information content (AvgIpc) is 2.36. The van der Waals surface area contributed by atoms with Gasteiger partial charge in [-0.15, -0.1) is 0 Å². The van der Waals surface area contributed by atoms with E-state index in [1.54, 1.807) is 0 Å². The van der Waals surface area contributed by atoms with Gasteiger partial charge in [0.2, 0.25) is 5.91 Å². The highest BCUT2D eigenvalue weighted by molar-refractivity contribution is 6.30. The molecule has 96 valence electrons. The zero-order valence-electron chi connectivity index (χ0n) is 10.2. The first-order valence-electron chi connectivity index (χ1n) is 5.76. The zero-order chi connectivity index (χ0) is 13.4. The highest BCUT2D eigenvalue weighted by Crippen LogP contribution is 2.16. The Hall–Kier alpha value is -1.57. The largest absolute Gasteiger partial charge is 0.354 e. The molecule has 0 bridgehead atoms. The first-order chi connectivity index (χ1) is 8.63. The van der Waals surface area contributed by atoms with Crippen LogP contribution < -0.4 is 10.6 Å². The summed E-state index contributed by atoms with van der Waals surface area (Å²) >= 11 is 5.90. The number of nitrogens with one attached hydrogen (secondary N) is 2. The minimum atomic E-state index is -0.112. The molecule has 1 rings (SSSR count). The van der Waals surface area contributed by atoms with E-state index in [0.29, 0.717) is 18.0 Å². The Morgan fingerprint density at radius 3 is 3.00 bits per heavy atom. The highest BCUT2D eigenvalue weighted by atomic mass is 35.5. The minimum absolute atomic E-state index is 0.0467. The molecule has 0 aliphatic rings. The molecule has 0 heterocycles. The van der Waals surface area contributed by atoms with Crippen molar-refractivity contribution in [1.82, 2.24) is 10.6 Å². The molecule has 4 nitrogen and oxygen atoms in total. The number of rotatable bonds is 6. The van der Waals surface area contributed by atoms with Crippen LogP contribution in [0.4, 0.5) is 0 Å². The van der Waals surface area contributed by atoms with Gasteiger partial charge in [0.05, 0.1) is 19.0 Å². The fourth-order valence-electron chi connectivity index (χ4n) is 1.46. The van der Waals surface area contributed by atoms with Gasteiger partial charge in [0.15, 0.2) is 0 Å². The predicted octanol–water partition coefficient (Wildman–Crippen LogP) is 2.02. The molecule has 1 aromatic rings. The summed E-state index contributed by atoms with van der Waals surface area (Å²) < 4.78 is 0. The van der Waals surface area contributed by atoms with Crippen molar-refractivity contribution in [3.8, 4) is 6.07 Å². The summed E-state index contributed by atoms with van der Waals surface area (Å²) in [6, 6.07) is 9.53. The average molecular weight is 266 g/mol. The number of nitrogens with zero attached hydrogens (tertiary/aromatic N) is 1. The van der Waals surface area contributed by atoms with Crippen LogP contribution in [0.5, 0.6) is 0 Å². The van der Waals surface area contributed by atoms with Crippen LogP contribution in [0.1, 0.15) is 24.9 Å². The predicted molar refractivity (Wildman–Crippen MR) is 71.1 cm³/mol. The zero-order valence-corrected chi connectivity index (χ0v) is 11.0. The van der Waals surface area contributed by atoms with Gasteiger partial charge in [0.25, 0.3) is 0 Å². The molecule has 1 atom stereocenters. The molecule has 18 heavy (non-hydrogen) atoms. The second kappa shape index (κ2) is 7.70. The first-order valence-corrected chi connectivity index (χ1v) is 6.13. The van der Waals surface area contributed by atoms with Crippen molar-refractivity contribution < 1.29 is 4.79 Å². The molecule has 0 aromatic heterocycles. The molecule has 0 saturated heterocycles. The number of hydrogen-bond donors (Lipinski definition) is 2. The van der Waals surface area contributed by atoms with Gasteiger partial charge in [-0.3, -0.25) is 4.79 Å². The van der Waals surface area contributed by atoms with Gasteiger partial charge in [-0.1, -0.05) is 23.7 Å². The highest BCUT2D eigenvalue weighted by Gasteiger charge is 2.07. The van der Waals surface area contributed by atoms with E-state index >= 15 is 0 Å². The molecule has 1 aromatic carbocycles. The number of hydrogen-bond acceptors (Lipinski definition) is 3. The van der Waals surface area contributed by atoms with E-state index in [1.807, 2.05) is 37.3 Å². The molecule has 0 aliphatic carbocycles. The maximum Gasteiger partial charge on any atom is 0.234 e. The summed E-state index contributed by atoms with van der Waals surface area (Å²) in [6.45, 7) is 2.58. The summed E-state index contributed by atoms with van der Waals surface area (Å²) in [4.78, 5) is 11.4. The summed E-state index contributed by atoms with van der Waals surface area (Å²) in [7, 11) is 0. The Morgan fingerprint density at radius 1 is 1.56 bits per heavy atom. The fourth-order valence-corrected chi connectivity index (χ4v) is 1.66. The molecule has 0 unspecified atom stereocenters. The molecule has 2 N–H and O–H groups in total. The van der Waals surface area contributed by atoms with Crippen LogP contribution in [0.2, 0.25) is 5.02 Å². The van der Waals surface area contributed by atoms with Crippen LogP contribution in [0, 0.1) is 11.3 Å². The van der Waals surface area contributed by atoms with Gasteiger partial charge in [-0.25, -0.2) is 0 Å². The molecule has 0 spiro atoms. The van der Waals surface area contributed by atoms with Crippen LogP contribution in [0.3, 0.4) is 0 Å². The van der Waals surface area contributed by atoms with Crippen molar-refractivity contribution in [1.29, 1.82) is 5.26 Å².